The first-order valence-electron chi connectivity index (χ1n) is 9.18. The molecule has 2 aromatic carbocycles. The molecule has 6 nitrogen and oxygen atoms in total. The van der Waals surface area contributed by atoms with Gasteiger partial charge in [-0.2, -0.15) is 0 Å². The predicted octanol–water partition coefficient (Wildman–Crippen LogP) is 3.49. The third-order valence-electron chi connectivity index (χ3n) is 5.34. The highest BCUT2D eigenvalue weighted by Crippen LogP contribution is 2.39. The summed E-state index contributed by atoms with van der Waals surface area (Å²) >= 11 is 0. The van der Waals surface area contributed by atoms with Crippen LogP contribution in [0.3, 0.4) is 0 Å². The molecule has 0 spiro atoms. The average molecular weight is 376 g/mol. The fourth-order valence-corrected chi connectivity index (χ4v) is 3.80. The van der Waals surface area contributed by atoms with Crippen LogP contribution in [0.25, 0.3) is 0 Å². The highest BCUT2D eigenvalue weighted by atomic mass is 16.3. The molecule has 4 rings (SSSR count). The highest BCUT2D eigenvalue weighted by molar-refractivity contribution is 6.22. The molecule has 142 valence electrons. The van der Waals surface area contributed by atoms with E-state index in [0.29, 0.717) is 29.8 Å². The molecule has 0 saturated carbocycles. The van der Waals surface area contributed by atoms with Crippen molar-refractivity contribution >= 4 is 29.1 Å². The number of phenols is 1. The van der Waals surface area contributed by atoms with Crippen LogP contribution >= 0.6 is 0 Å². The number of hydrogen-bond donors (Lipinski definition) is 2. The smallest absolute Gasteiger partial charge is 0.255 e. The van der Waals surface area contributed by atoms with Crippen LogP contribution < -0.4 is 10.2 Å². The second-order valence-corrected chi connectivity index (χ2v) is 7.26. The normalized spacial score (nSPS) is 21.3. The zero-order valence-electron chi connectivity index (χ0n) is 15.4. The van der Waals surface area contributed by atoms with Gasteiger partial charge in [-0.15, -0.1) is 0 Å². The molecule has 1 saturated heterocycles. The van der Waals surface area contributed by atoms with Crippen molar-refractivity contribution in [3.8, 4) is 5.75 Å². The SMILES string of the molecule is CC1=CC[C@@H]2C(=O)N(c3ccc(C(=O)Nc4ccc(O)cc4)cc3)C(=O)[C@H]2C1. The maximum absolute atomic E-state index is 12.8. The molecule has 2 N–H and O–H groups in total. The average Bonchev–Trinajstić information content (AvgIpc) is 2.93. The fraction of sp³-hybridized carbons (Fsp3) is 0.227. The number of phenolic OH excluding ortho intramolecular Hbond substituents is 1. The Morgan fingerprint density at radius 3 is 2.32 bits per heavy atom. The van der Waals surface area contributed by atoms with Crippen LogP contribution in [0.5, 0.6) is 5.75 Å². The number of nitrogens with one attached hydrogen (secondary N) is 1. The molecular weight excluding hydrogens is 356 g/mol. The summed E-state index contributed by atoms with van der Waals surface area (Å²) in [5.41, 5.74) is 2.60. The largest absolute Gasteiger partial charge is 0.508 e. The van der Waals surface area contributed by atoms with Gasteiger partial charge < -0.3 is 10.4 Å². The Balaban J connectivity index is 1.50. The van der Waals surface area contributed by atoms with Crippen LogP contribution in [-0.4, -0.2) is 22.8 Å². The van der Waals surface area contributed by atoms with E-state index in [1.54, 1.807) is 36.4 Å². The van der Waals surface area contributed by atoms with Gasteiger partial charge in [0.2, 0.25) is 11.8 Å². The second-order valence-electron chi connectivity index (χ2n) is 7.26. The van der Waals surface area contributed by atoms with E-state index in [1.807, 2.05) is 13.0 Å². The van der Waals surface area contributed by atoms with Crippen molar-refractivity contribution in [1.29, 1.82) is 0 Å². The molecule has 28 heavy (non-hydrogen) atoms. The summed E-state index contributed by atoms with van der Waals surface area (Å²) in [6.45, 7) is 1.98. The van der Waals surface area contributed by atoms with Gasteiger partial charge in [-0.25, -0.2) is 0 Å². The highest BCUT2D eigenvalue weighted by Gasteiger charge is 2.48. The van der Waals surface area contributed by atoms with Crippen LogP contribution in [0, 0.1) is 11.8 Å². The number of fused-ring (bicyclic) bond motifs is 1. The fourth-order valence-electron chi connectivity index (χ4n) is 3.80. The number of hydrogen-bond acceptors (Lipinski definition) is 4. The number of allylic oxidation sites excluding steroid dienone is 2. The van der Waals surface area contributed by atoms with Gasteiger partial charge in [0, 0.05) is 11.3 Å². The van der Waals surface area contributed by atoms with Crippen molar-refractivity contribution in [2.24, 2.45) is 11.8 Å². The summed E-state index contributed by atoms with van der Waals surface area (Å²) in [6.07, 6.45) is 3.26. The lowest BCUT2D eigenvalue weighted by atomic mass is 9.82. The van der Waals surface area contributed by atoms with Gasteiger partial charge in [0.1, 0.15) is 5.75 Å². The molecule has 6 heteroatoms. The molecule has 1 aliphatic carbocycles. The number of rotatable bonds is 3. The van der Waals surface area contributed by atoms with Crippen molar-refractivity contribution < 1.29 is 19.5 Å². The van der Waals surface area contributed by atoms with Gasteiger partial charge in [-0.3, -0.25) is 19.3 Å². The van der Waals surface area contributed by atoms with Crippen LogP contribution in [0.15, 0.2) is 60.2 Å². The summed E-state index contributed by atoms with van der Waals surface area (Å²) in [6, 6.07) is 12.6. The number of imide groups is 1. The standard InChI is InChI=1S/C22H20N2O4/c1-13-2-11-18-19(12-13)22(28)24(21(18)27)16-7-3-14(4-8-16)20(26)23-15-5-9-17(25)10-6-15/h2-10,18-19,25H,11-12H2,1H3,(H,23,26)/t18-,19-/m0/s1. The van der Waals surface area contributed by atoms with Gasteiger partial charge >= 0.3 is 0 Å². The molecule has 0 radical (unpaired) electrons. The molecule has 3 amide bonds. The van der Waals surface area contributed by atoms with E-state index in [-0.39, 0.29) is 35.3 Å². The van der Waals surface area contributed by atoms with E-state index < -0.39 is 0 Å². The molecule has 1 fully saturated rings. The lowest BCUT2D eigenvalue weighted by molar-refractivity contribution is -0.122. The van der Waals surface area contributed by atoms with Gasteiger partial charge in [0.05, 0.1) is 17.5 Å². The van der Waals surface area contributed by atoms with Crippen molar-refractivity contribution in [1.82, 2.24) is 0 Å². The summed E-state index contributed by atoms with van der Waals surface area (Å²) in [4.78, 5) is 39.1. The summed E-state index contributed by atoms with van der Waals surface area (Å²) in [7, 11) is 0. The van der Waals surface area contributed by atoms with Crippen molar-refractivity contribution in [3.63, 3.8) is 0 Å². The Kier molecular flexibility index (Phi) is 4.47. The summed E-state index contributed by atoms with van der Waals surface area (Å²) in [5, 5.41) is 12.0. The molecular formula is C22H20N2O4. The first kappa shape index (κ1) is 18.0. The van der Waals surface area contributed by atoms with Crippen LogP contribution in [0.2, 0.25) is 0 Å². The van der Waals surface area contributed by atoms with Gasteiger partial charge in [-0.05, 0) is 68.3 Å². The molecule has 2 atom stereocenters. The number of amides is 3. The van der Waals surface area contributed by atoms with E-state index in [0.717, 1.165) is 5.57 Å². The monoisotopic (exact) mass is 376 g/mol. The molecule has 2 aromatic rings. The summed E-state index contributed by atoms with van der Waals surface area (Å²) < 4.78 is 0. The minimum absolute atomic E-state index is 0.119. The Bertz CT molecular complexity index is 977. The first-order chi connectivity index (χ1) is 13.4. The van der Waals surface area contributed by atoms with Crippen molar-refractivity contribution in [2.45, 2.75) is 19.8 Å². The van der Waals surface area contributed by atoms with Crippen LogP contribution in [0.1, 0.15) is 30.1 Å². The molecule has 1 aliphatic heterocycles. The lowest BCUT2D eigenvalue weighted by Crippen LogP contribution is -2.30. The maximum atomic E-state index is 12.8. The minimum atomic E-state index is -0.315. The number of nitrogens with zero attached hydrogens (tertiary/aromatic N) is 1. The molecule has 0 aromatic heterocycles. The molecule has 1 heterocycles. The quantitative estimate of drug-likeness (QED) is 0.488. The summed E-state index contributed by atoms with van der Waals surface area (Å²) in [5.74, 6) is -1.09. The van der Waals surface area contributed by atoms with E-state index >= 15 is 0 Å². The van der Waals surface area contributed by atoms with E-state index in [1.165, 1.54) is 17.0 Å². The first-order valence-corrected chi connectivity index (χ1v) is 9.18. The van der Waals surface area contributed by atoms with E-state index in [4.69, 9.17) is 0 Å². The van der Waals surface area contributed by atoms with E-state index in [2.05, 4.69) is 5.32 Å². The number of carbonyl (C=O) groups excluding carboxylic acids is 3. The van der Waals surface area contributed by atoms with Crippen molar-refractivity contribution in [3.05, 3.63) is 65.7 Å². The number of benzene rings is 2. The molecule has 0 bridgehead atoms. The number of aromatic hydroxyl groups is 1. The van der Waals surface area contributed by atoms with Gasteiger partial charge in [0.15, 0.2) is 0 Å². The maximum Gasteiger partial charge on any atom is 0.255 e. The van der Waals surface area contributed by atoms with Crippen LogP contribution in [0.4, 0.5) is 11.4 Å². The predicted molar refractivity (Wildman–Crippen MR) is 105 cm³/mol. The Morgan fingerprint density at radius 1 is 1.00 bits per heavy atom. The van der Waals surface area contributed by atoms with Gasteiger partial charge in [0.25, 0.3) is 5.91 Å². The zero-order chi connectivity index (χ0) is 19.8. The van der Waals surface area contributed by atoms with Crippen molar-refractivity contribution in [2.75, 3.05) is 10.2 Å². The van der Waals surface area contributed by atoms with E-state index in [9.17, 15) is 19.5 Å². The Morgan fingerprint density at radius 2 is 1.64 bits per heavy atom. The number of anilines is 2. The van der Waals surface area contributed by atoms with Gasteiger partial charge in [-0.1, -0.05) is 11.6 Å². The molecule has 0 unspecified atom stereocenters. The Labute approximate surface area is 162 Å². The third-order valence-corrected chi connectivity index (χ3v) is 5.34. The zero-order valence-corrected chi connectivity index (χ0v) is 15.4. The third kappa shape index (κ3) is 3.17. The van der Waals surface area contributed by atoms with Crippen LogP contribution in [-0.2, 0) is 9.59 Å². The minimum Gasteiger partial charge on any atom is -0.508 e. The Hall–Kier alpha value is -3.41. The second kappa shape index (κ2) is 6.96. The molecule has 2 aliphatic rings. The lowest BCUT2D eigenvalue weighted by Gasteiger charge is -2.18. The number of carbonyl (C=O) groups is 3. The topological polar surface area (TPSA) is 86.7 Å².